The number of piperidine rings is 1. The predicted octanol–water partition coefficient (Wildman–Crippen LogP) is 3.60. The smallest absolute Gasteiger partial charge is 0.407 e. The SMILES string of the molecule is CC(C)c1nc(NCC(C)(C)c2ncccc2F)cc(N2CCC3(CC2)CNC(=O)O3)n1. The summed E-state index contributed by atoms with van der Waals surface area (Å²) in [6.45, 7) is 10.6. The number of hydrogen-bond acceptors (Lipinski definition) is 7. The number of amides is 1. The number of nitrogens with one attached hydrogen (secondary N) is 2. The molecule has 0 atom stereocenters. The van der Waals surface area contributed by atoms with Crippen LogP contribution in [0.25, 0.3) is 0 Å². The molecule has 172 valence electrons. The van der Waals surface area contributed by atoms with Gasteiger partial charge >= 0.3 is 6.09 Å². The highest BCUT2D eigenvalue weighted by Crippen LogP contribution is 2.32. The van der Waals surface area contributed by atoms with E-state index in [0.717, 1.165) is 37.6 Å². The van der Waals surface area contributed by atoms with Gasteiger partial charge in [0, 0.05) is 56.1 Å². The third-order valence-corrected chi connectivity index (χ3v) is 6.22. The van der Waals surface area contributed by atoms with Gasteiger partial charge in [-0.2, -0.15) is 0 Å². The number of hydrogen-bond donors (Lipinski definition) is 2. The molecule has 2 aliphatic rings. The Balaban J connectivity index is 1.50. The Kier molecular flexibility index (Phi) is 5.92. The fourth-order valence-electron chi connectivity index (χ4n) is 4.17. The number of alkyl carbamates (subject to hydrolysis) is 1. The van der Waals surface area contributed by atoms with Crippen molar-refractivity contribution in [3.05, 3.63) is 41.7 Å². The van der Waals surface area contributed by atoms with Gasteiger partial charge in [0.05, 0.1) is 12.2 Å². The molecule has 4 rings (SSSR count). The lowest BCUT2D eigenvalue weighted by atomic mass is 9.88. The van der Waals surface area contributed by atoms with E-state index in [1.54, 1.807) is 12.3 Å². The highest BCUT2D eigenvalue weighted by molar-refractivity contribution is 5.70. The Bertz CT molecular complexity index is 988. The van der Waals surface area contributed by atoms with Crippen LogP contribution in [0.5, 0.6) is 0 Å². The maximum absolute atomic E-state index is 14.3. The first-order chi connectivity index (χ1) is 15.2. The van der Waals surface area contributed by atoms with E-state index in [9.17, 15) is 9.18 Å². The standard InChI is InChI=1S/C23H31FN6O2/c1-15(2)20-28-17(26-13-22(3,4)19-16(24)6-5-9-25-19)12-18(29-20)30-10-7-23(8-11-30)14-27-21(31)32-23/h5-6,9,12,15H,7-8,10-11,13-14H2,1-4H3,(H,27,31)(H,26,28,29). The summed E-state index contributed by atoms with van der Waals surface area (Å²) in [6.07, 6.45) is 2.78. The third-order valence-electron chi connectivity index (χ3n) is 6.22. The molecule has 1 amide bonds. The number of carbonyl (C=O) groups excluding carboxylic acids is 1. The maximum atomic E-state index is 14.3. The Labute approximate surface area is 188 Å². The van der Waals surface area contributed by atoms with Crippen LogP contribution in [-0.4, -0.2) is 52.8 Å². The maximum Gasteiger partial charge on any atom is 0.407 e. The molecule has 32 heavy (non-hydrogen) atoms. The molecular formula is C23H31FN6O2. The van der Waals surface area contributed by atoms with Crippen LogP contribution in [0.4, 0.5) is 20.8 Å². The van der Waals surface area contributed by atoms with Crippen molar-refractivity contribution in [1.29, 1.82) is 0 Å². The molecule has 2 fully saturated rings. The average Bonchev–Trinajstić information content (AvgIpc) is 3.12. The molecule has 2 N–H and O–H groups in total. The fourth-order valence-corrected chi connectivity index (χ4v) is 4.17. The van der Waals surface area contributed by atoms with Crippen molar-refractivity contribution in [1.82, 2.24) is 20.3 Å². The van der Waals surface area contributed by atoms with Gasteiger partial charge in [0.15, 0.2) is 0 Å². The molecule has 1 spiro atoms. The summed E-state index contributed by atoms with van der Waals surface area (Å²) in [5.41, 5.74) is -0.503. The number of pyridine rings is 1. The summed E-state index contributed by atoms with van der Waals surface area (Å²) in [4.78, 5) is 27.4. The van der Waals surface area contributed by atoms with E-state index < -0.39 is 11.0 Å². The second kappa shape index (κ2) is 8.52. The molecule has 0 radical (unpaired) electrons. The molecule has 0 bridgehead atoms. The van der Waals surface area contributed by atoms with Crippen LogP contribution in [0, 0.1) is 5.82 Å². The Morgan fingerprint density at radius 1 is 1.31 bits per heavy atom. The van der Waals surface area contributed by atoms with E-state index in [0.29, 0.717) is 24.6 Å². The molecule has 2 aromatic rings. The van der Waals surface area contributed by atoms with Crippen LogP contribution in [0.15, 0.2) is 24.4 Å². The molecule has 8 nitrogen and oxygen atoms in total. The average molecular weight is 443 g/mol. The van der Waals surface area contributed by atoms with E-state index >= 15 is 0 Å². The Morgan fingerprint density at radius 2 is 2.06 bits per heavy atom. The summed E-state index contributed by atoms with van der Waals surface area (Å²) in [6, 6.07) is 4.97. The van der Waals surface area contributed by atoms with Crippen molar-refractivity contribution < 1.29 is 13.9 Å². The van der Waals surface area contributed by atoms with Crippen LogP contribution in [0.3, 0.4) is 0 Å². The van der Waals surface area contributed by atoms with Gasteiger partial charge in [-0.05, 0) is 12.1 Å². The highest BCUT2D eigenvalue weighted by atomic mass is 19.1. The monoisotopic (exact) mass is 442 g/mol. The quantitative estimate of drug-likeness (QED) is 0.706. The molecule has 4 heterocycles. The Morgan fingerprint density at radius 3 is 2.69 bits per heavy atom. The van der Waals surface area contributed by atoms with Gasteiger partial charge in [0.2, 0.25) is 0 Å². The summed E-state index contributed by atoms with van der Waals surface area (Å²) < 4.78 is 19.8. The summed E-state index contributed by atoms with van der Waals surface area (Å²) >= 11 is 0. The van der Waals surface area contributed by atoms with Gasteiger partial charge in [0.1, 0.15) is 28.9 Å². The molecule has 0 aromatic carbocycles. The molecule has 0 unspecified atom stereocenters. The van der Waals surface area contributed by atoms with Gasteiger partial charge in [-0.25, -0.2) is 19.2 Å². The topological polar surface area (TPSA) is 92.3 Å². The van der Waals surface area contributed by atoms with Gasteiger partial charge in [-0.3, -0.25) is 4.98 Å². The fraction of sp³-hybridized carbons (Fsp3) is 0.565. The second-order valence-electron chi connectivity index (χ2n) is 9.61. The second-order valence-corrected chi connectivity index (χ2v) is 9.61. The van der Waals surface area contributed by atoms with Crippen molar-refractivity contribution in [2.24, 2.45) is 0 Å². The van der Waals surface area contributed by atoms with E-state index in [2.05, 4.69) is 39.3 Å². The van der Waals surface area contributed by atoms with Gasteiger partial charge in [0.25, 0.3) is 0 Å². The summed E-state index contributed by atoms with van der Waals surface area (Å²) in [5.74, 6) is 2.15. The van der Waals surface area contributed by atoms with Crippen LogP contribution in [0.1, 0.15) is 58.0 Å². The zero-order valence-electron chi connectivity index (χ0n) is 19.1. The minimum atomic E-state index is -0.523. The van der Waals surface area contributed by atoms with Crippen LogP contribution in [-0.2, 0) is 10.2 Å². The first kappa shape index (κ1) is 22.2. The number of nitrogens with zero attached hydrogens (tertiary/aromatic N) is 4. The molecule has 2 aromatic heterocycles. The van der Waals surface area contributed by atoms with E-state index in [1.807, 2.05) is 19.9 Å². The number of ether oxygens (including phenoxy) is 1. The van der Waals surface area contributed by atoms with Crippen molar-refractivity contribution in [2.75, 3.05) is 36.4 Å². The summed E-state index contributed by atoms with van der Waals surface area (Å²) in [7, 11) is 0. The van der Waals surface area contributed by atoms with Gasteiger partial charge in [-0.1, -0.05) is 27.7 Å². The molecule has 0 saturated carbocycles. The van der Waals surface area contributed by atoms with E-state index in [4.69, 9.17) is 9.72 Å². The third kappa shape index (κ3) is 4.61. The highest BCUT2D eigenvalue weighted by Gasteiger charge is 2.43. The number of aromatic nitrogens is 3. The molecule has 2 saturated heterocycles. The lowest BCUT2D eigenvalue weighted by Gasteiger charge is -2.38. The van der Waals surface area contributed by atoms with E-state index in [-0.39, 0.29) is 17.8 Å². The first-order valence-corrected chi connectivity index (χ1v) is 11.1. The Hall–Kier alpha value is -2.97. The molecule has 9 heteroatoms. The summed E-state index contributed by atoms with van der Waals surface area (Å²) in [5, 5.41) is 6.14. The lowest BCUT2D eigenvalue weighted by Crippen LogP contribution is -2.47. The predicted molar refractivity (Wildman–Crippen MR) is 120 cm³/mol. The van der Waals surface area contributed by atoms with Crippen molar-refractivity contribution in [3.63, 3.8) is 0 Å². The number of rotatable bonds is 6. The van der Waals surface area contributed by atoms with Crippen LogP contribution < -0.4 is 15.5 Å². The normalized spacial score (nSPS) is 18.1. The zero-order valence-corrected chi connectivity index (χ0v) is 19.1. The van der Waals surface area contributed by atoms with Gasteiger partial charge in [-0.15, -0.1) is 0 Å². The minimum Gasteiger partial charge on any atom is -0.441 e. The minimum absolute atomic E-state index is 0.160. The zero-order chi connectivity index (χ0) is 22.9. The molecular weight excluding hydrogens is 411 g/mol. The largest absolute Gasteiger partial charge is 0.441 e. The number of halogens is 1. The van der Waals surface area contributed by atoms with Crippen LogP contribution >= 0.6 is 0 Å². The van der Waals surface area contributed by atoms with Crippen molar-refractivity contribution in [2.45, 2.75) is 57.5 Å². The van der Waals surface area contributed by atoms with Crippen molar-refractivity contribution in [3.8, 4) is 0 Å². The first-order valence-electron chi connectivity index (χ1n) is 11.1. The lowest BCUT2D eigenvalue weighted by molar-refractivity contribution is 0.0366. The van der Waals surface area contributed by atoms with Crippen molar-refractivity contribution >= 4 is 17.7 Å². The van der Waals surface area contributed by atoms with Gasteiger partial charge < -0.3 is 20.3 Å². The van der Waals surface area contributed by atoms with Crippen LogP contribution in [0.2, 0.25) is 0 Å². The number of carbonyl (C=O) groups is 1. The number of anilines is 2. The molecule has 0 aliphatic carbocycles. The molecule has 2 aliphatic heterocycles. The van der Waals surface area contributed by atoms with E-state index in [1.165, 1.54) is 6.07 Å².